The Kier molecular flexibility index (Phi) is 5.81. The molecule has 1 fully saturated rings. The first-order valence-corrected chi connectivity index (χ1v) is 10.2. The van der Waals surface area contributed by atoms with Crippen molar-refractivity contribution in [2.24, 2.45) is 0 Å². The van der Waals surface area contributed by atoms with Crippen LogP contribution in [0.1, 0.15) is 27.3 Å². The molecular weight excluding hydrogens is 378 g/mol. The largest absolute Gasteiger partial charge is 0.465 e. The number of hydrogen-bond acceptors (Lipinski definition) is 6. The molecule has 3 aromatic rings. The predicted octanol–water partition coefficient (Wildman–Crippen LogP) is 2.99. The summed E-state index contributed by atoms with van der Waals surface area (Å²) in [6.45, 7) is 8.92. The van der Waals surface area contributed by atoms with Crippen LogP contribution in [0.4, 0.5) is 5.69 Å². The van der Waals surface area contributed by atoms with Gasteiger partial charge in [-0.1, -0.05) is 18.2 Å². The van der Waals surface area contributed by atoms with Crippen LogP contribution in [0, 0.1) is 13.8 Å². The van der Waals surface area contributed by atoms with Gasteiger partial charge in [0.1, 0.15) is 0 Å². The second-order valence-corrected chi connectivity index (χ2v) is 7.57. The molecule has 0 bridgehead atoms. The number of aromatic nitrogens is 3. The van der Waals surface area contributed by atoms with E-state index in [1.165, 1.54) is 18.4 Å². The highest BCUT2D eigenvalue weighted by Gasteiger charge is 2.23. The lowest BCUT2D eigenvalue weighted by atomic mass is 10.1. The Morgan fingerprint density at radius 3 is 2.40 bits per heavy atom. The van der Waals surface area contributed by atoms with Gasteiger partial charge in [-0.15, -0.1) is 0 Å². The molecule has 0 spiro atoms. The molecule has 0 unspecified atom stereocenters. The summed E-state index contributed by atoms with van der Waals surface area (Å²) in [7, 11) is 1.40. The van der Waals surface area contributed by atoms with Crippen LogP contribution in [-0.4, -0.2) is 58.9 Å². The second kappa shape index (κ2) is 8.67. The molecule has 0 N–H and O–H groups in total. The van der Waals surface area contributed by atoms with Gasteiger partial charge in [0, 0.05) is 38.9 Å². The van der Waals surface area contributed by atoms with Gasteiger partial charge >= 0.3 is 5.97 Å². The summed E-state index contributed by atoms with van der Waals surface area (Å²) < 4.78 is 6.69. The molecule has 2 aromatic heterocycles. The Morgan fingerprint density at radius 2 is 1.77 bits per heavy atom. The molecule has 0 amide bonds. The summed E-state index contributed by atoms with van der Waals surface area (Å²) in [6.07, 6.45) is 1.79. The zero-order chi connectivity index (χ0) is 21.1. The van der Waals surface area contributed by atoms with Gasteiger partial charge in [0.15, 0.2) is 5.82 Å². The summed E-state index contributed by atoms with van der Waals surface area (Å²) in [6, 6.07) is 13.5. The second-order valence-electron chi connectivity index (χ2n) is 7.57. The minimum atomic E-state index is -0.299. The number of rotatable bonds is 5. The van der Waals surface area contributed by atoms with Gasteiger partial charge in [0.2, 0.25) is 0 Å². The highest BCUT2D eigenvalue weighted by atomic mass is 16.5. The third-order valence-corrected chi connectivity index (χ3v) is 5.59. The fraction of sp³-hybridized carbons (Fsp3) is 0.348. The fourth-order valence-corrected chi connectivity index (χ4v) is 4.05. The van der Waals surface area contributed by atoms with E-state index in [0.717, 1.165) is 49.9 Å². The molecule has 1 aliphatic heterocycles. The molecule has 156 valence electrons. The van der Waals surface area contributed by atoms with E-state index in [4.69, 9.17) is 9.84 Å². The van der Waals surface area contributed by atoms with Crippen LogP contribution in [0.3, 0.4) is 0 Å². The topological polar surface area (TPSA) is 63.5 Å². The number of carbonyl (C=O) groups excluding carboxylic acids is 1. The molecule has 4 rings (SSSR count). The van der Waals surface area contributed by atoms with Gasteiger partial charge in [-0.05, 0) is 43.7 Å². The number of aryl methyl sites for hydroxylation is 1. The first kappa shape index (κ1) is 20.1. The van der Waals surface area contributed by atoms with Crippen molar-refractivity contribution in [1.29, 1.82) is 0 Å². The minimum absolute atomic E-state index is 0.299. The predicted molar refractivity (Wildman–Crippen MR) is 116 cm³/mol. The lowest BCUT2D eigenvalue weighted by Crippen LogP contribution is -2.46. The van der Waals surface area contributed by atoms with Gasteiger partial charge in [-0.2, -0.15) is 5.10 Å². The first-order chi connectivity index (χ1) is 14.6. The molecule has 7 nitrogen and oxygen atoms in total. The van der Waals surface area contributed by atoms with Crippen molar-refractivity contribution in [2.45, 2.75) is 20.4 Å². The number of ether oxygens (including phenoxy) is 1. The number of pyridine rings is 1. The van der Waals surface area contributed by atoms with E-state index >= 15 is 0 Å². The van der Waals surface area contributed by atoms with Gasteiger partial charge in [0.05, 0.1) is 29.7 Å². The highest BCUT2D eigenvalue weighted by Crippen LogP contribution is 2.27. The number of hydrogen-bond donors (Lipinski definition) is 0. The molecule has 1 saturated heterocycles. The van der Waals surface area contributed by atoms with Crippen molar-refractivity contribution in [2.75, 3.05) is 38.2 Å². The lowest BCUT2D eigenvalue weighted by molar-refractivity contribution is 0.0600. The quantitative estimate of drug-likeness (QED) is 0.608. The Bertz CT molecular complexity index is 1010. The van der Waals surface area contributed by atoms with E-state index in [1.54, 1.807) is 6.20 Å². The van der Waals surface area contributed by atoms with Gasteiger partial charge < -0.3 is 9.64 Å². The smallest absolute Gasteiger partial charge is 0.337 e. The number of carbonyl (C=O) groups is 1. The SMILES string of the molecule is COC(=O)c1ccc(CN2CCN(c3c(C)nn(-c4ccccn4)c3C)CC2)cc1. The zero-order valence-electron chi connectivity index (χ0n) is 17.7. The number of benzene rings is 1. The monoisotopic (exact) mass is 405 g/mol. The van der Waals surface area contributed by atoms with Crippen molar-refractivity contribution in [3.63, 3.8) is 0 Å². The van der Waals surface area contributed by atoms with Crippen LogP contribution in [0.5, 0.6) is 0 Å². The van der Waals surface area contributed by atoms with E-state index < -0.39 is 0 Å². The summed E-state index contributed by atoms with van der Waals surface area (Å²) >= 11 is 0. The Morgan fingerprint density at radius 1 is 1.03 bits per heavy atom. The minimum Gasteiger partial charge on any atom is -0.465 e. The summed E-state index contributed by atoms with van der Waals surface area (Å²) in [5, 5.41) is 4.73. The molecule has 3 heterocycles. The van der Waals surface area contributed by atoms with E-state index in [2.05, 4.69) is 28.6 Å². The number of piperazine rings is 1. The van der Waals surface area contributed by atoms with Crippen LogP contribution in [0.2, 0.25) is 0 Å². The number of methoxy groups -OCH3 is 1. The van der Waals surface area contributed by atoms with Crippen molar-refractivity contribution in [3.05, 3.63) is 71.2 Å². The van der Waals surface area contributed by atoms with Gasteiger partial charge in [-0.3, -0.25) is 4.90 Å². The normalized spacial score (nSPS) is 14.7. The van der Waals surface area contributed by atoms with Crippen LogP contribution in [-0.2, 0) is 11.3 Å². The first-order valence-electron chi connectivity index (χ1n) is 10.2. The average molecular weight is 406 g/mol. The van der Waals surface area contributed by atoms with Crippen molar-refractivity contribution < 1.29 is 9.53 Å². The number of anilines is 1. The summed E-state index contributed by atoms with van der Waals surface area (Å²) in [5.41, 5.74) is 5.15. The van der Waals surface area contributed by atoms with Gasteiger partial charge in [0.25, 0.3) is 0 Å². The fourth-order valence-electron chi connectivity index (χ4n) is 4.05. The maximum absolute atomic E-state index is 11.6. The standard InChI is InChI=1S/C23H27N5O2/c1-17-22(18(2)28(25-17)21-6-4-5-11-24-21)27-14-12-26(13-15-27)16-19-7-9-20(10-8-19)23(29)30-3/h4-11H,12-16H2,1-3H3. The van der Waals surface area contributed by atoms with E-state index in [1.807, 2.05) is 47.1 Å². The Labute approximate surface area is 176 Å². The van der Waals surface area contributed by atoms with E-state index in [-0.39, 0.29) is 5.97 Å². The molecule has 0 atom stereocenters. The summed E-state index contributed by atoms with van der Waals surface area (Å²) in [5.74, 6) is 0.547. The molecular formula is C23H27N5O2. The van der Waals surface area contributed by atoms with Gasteiger partial charge in [-0.25, -0.2) is 14.5 Å². The molecule has 7 heteroatoms. The third kappa shape index (κ3) is 4.07. The van der Waals surface area contributed by atoms with Crippen LogP contribution in [0.15, 0.2) is 48.7 Å². The summed E-state index contributed by atoms with van der Waals surface area (Å²) in [4.78, 5) is 20.9. The van der Waals surface area contributed by atoms with Crippen LogP contribution in [0.25, 0.3) is 5.82 Å². The van der Waals surface area contributed by atoms with E-state index in [9.17, 15) is 4.79 Å². The lowest BCUT2D eigenvalue weighted by Gasteiger charge is -2.36. The number of nitrogens with zero attached hydrogens (tertiary/aromatic N) is 5. The molecule has 1 aromatic carbocycles. The highest BCUT2D eigenvalue weighted by molar-refractivity contribution is 5.89. The maximum atomic E-state index is 11.6. The number of esters is 1. The average Bonchev–Trinajstić information content (AvgIpc) is 3.09. The van der Waals surface area contributed by atoms with Crippen molar-refractivity contribution >= 4 is 11.7 Å². The Balaban J connectivity index is 1.40. The van der Waals surface area contributed by atoms with Crippen LogP contribution >= 0.6 is 0 Å². The maximum Gasteiger partial charge on any atom is 0.337 e. The van der Waals surface area contributed by atoms with Crippen molar-refractivity contribution in [1.82, 2.24) is 19.7 Å². The third-order valence-electron chi connectivity index (χ3n) is 5.59. The molecule has 1 aliphatic rings. The molecule has 30 heavy (non-hydrogen) atoms. The Hall–Kier alpha value is -3.19. The molecule has 0 saturated carbocycles. The van der Waals surface area contributed by atoms with Crippen LogP contribution < -0.4 is 4.90 Å². The molecule has 0 aliphatic carbocycles. The zero-order valence-corrected chi connectivity index (χ0v) is 17.7. The van der Waals surface area contributed by atoms with E-state index in [0.29, 0.717) is 5.56 Å². The molecule has 0 radical (unpaired) electrons. The van der Waals surface area contributed by atoms with Crippen molar-refractivity contribution in [3.8, 4) is 5.82 Å².